The highest BCUT2D eigenvalue weighted by Crippen LogP contribution is 2.45. The van der Waals surface area contributed by atoms with Gasteiger partial charge in [0.15, 0.2) is 17.7 Å². The van der Waals surface area contributed by atoms with Gasteiger partial charge >= 0.3 is 12.1 Å². The van der Waals surface area contributed by atoms with Gasteiger partial charge in [-0.25, -0.2) is 4.79 Å². The molecule has 3 saturated heterocycles. The van der Waals surface area contributed by atoms with E-state index in [1.807, 2.05) is 83.9 Å². The van der Waals surface area contributed by atoms with Gasteiger partial charge in [-0.1, -0.05) is 58.0 Å². The first-order chi connectivity index (χ1) is 25.5. The van der Waals surface area contributed by atoms with Gasteiger partial charge in [-0.3, -0.25) is 19.5 Å². The van der Waals surface area contributed by atoms with Crippen molar-refractivity contribution < 1.29 is 47.9 Å². The number of fused-ring (bicyclic) bond motifs is 1. The van der Waals surface area contributed by atoms with Crippen molar-refractivity contribution in [1.82, 2.24) is 9.80 Å². The topological polar surface area (TPSA) is 146 Å². The summed E-state index contributed by atoms with van der Waals surface area (Å²) in [6, 6.07) is 8.57. The van der Waals surface area contributed by atoms with Crippen LogP contribution in [0, 0.1) is 23.7 Å². The second-order valence-electron chi connectivity index (χ2n) is 16.6. The average molecular weight is 758 g/mol. The SMILES string of the molecule is CC[C@H]1OC(=O)[C@H](C)C(=O)[C@H](C)[C@@H](O[C@@H]2O[C@H](C)C[C@H](N(C)C)[C@H]2O)[C@@](C)(OC)C[C@@H](C)C2=NC[C@H](COCc3ccccc3)N3C(=O)O[C@@]1(C)[C@H]3[C@H]2C. The lowest BCUT2D eigenvalue weighted by Gasteiger charge is -2.47. The first kappa shape index (κ1) is 42.2. The van der Waals surface area contributed by atoms with E-state index in [4.69, 9.17) is 33.4 Å². The highest BCUT2D eigenvalue weighted by molar-refractivity contribution is 6.00. The number of cyclic esters (lactones) is 1. The number of carbonyl (C=O) groups excluding carboxylic acids is 3. The van der Waals surface area contributed by atoms with Crippen LogP contribution >= 0.6 is 0 Å². The number of methoxy groups -OCH3 is 1. The maximum Gasteiger partial charge on any atom is 0.411 e. The molecule has 1 aromatic rings. The van der Waals surface area contributed by atoms with Crippen LogP contribution in [-0.4, -0.2) is 133 Å². The molecular formula is C41H63N3O10. The third kappa shape index (κ3) is 8.27. The van der Waals surface area contributed by atoms with Crippen molar-refractivity contribution in [2.45, 2.75) is 141 Å². The molecule has 0 spiro atoms. The molecule has 0 unspecified atom stereocenters. The molecule has 3 fully saturated rings. The number of rotatable bonds is 9. The minimum Gasteiger partial charge on any atom is -0.458 e. The van der Waals surface area contributed by atoms with Gasteiger partial charge in [0.1, 0.15) is 18.1 Å². The molecule has 2 bridgehead atoms. The minimum absolute atomic E-state index is 0.218. The van der Waals surface area contributed by atoms with E-state index in [9.17, 15) is 19.5 Å². The first-order valence-corrected chi connectivity index (χ1v) is 19.6. The monoisotopic (exact) mass is 757 g/mol. The van der Waals surface area contributed by atoms with Gasteiger partial charge in [-0.2, -0.15) is 0 Å². The van der Waals surface area contributed by atoms with Crippen LogP contribution in [0.4, 0.5) is 4.79 Å². The van der Waals surface area contributed by atoms with E-state index in [0.717, 1.165) is 11.3 Å². The second-order valence-corrected chi connectivity index (χ2v) is 16.6. The smallest absolute Gasteiger partial charge is 0.411 e. The number of aliphatic imine (C=N–C) groups is 1. The number of hydrogen-bond donors (Lipinski definition) is 1. The number of aliphatic hydroxyl groups is 1. The maximum atomic E-state index is 14.3. The summed E-state index contributed by atoms with van der Waals surface area (Å²) in [5.74, 6) is -3.71. The van der Waals surface area contributed by atoms with E-state index >= 15 is 0 Å². The van der Waals surface area contributed by atoms with Crippen molar-refractivity contribution in [3.8, 4) is 0 Å². The molecule has 13 nitrogen and oxygen atoms in total. The fraction of sp³-hybridized carbons (Fsp3) is 0.756. The van der Waals surface area contributed by atoms with Gasteiger partial charge in [0.05, 0.1) is 49.7 Å². The molecule has 5 rings (SSSR count). The normalized spacial score (nSPS) is 40.8. The third-order valence-corrected chi connectivity index (χ3v) is 12.4. The molecule has 1 aromatic carbocycles. The van der Waals surface area contributed by atoms with E-state index in [0.29, 0.717) is 25.9 Å². The van der Waals surface area contributed by atoms with E-state index in [2.05, 4.69) is 6.92 Å². The molecule has 1 N–H and O–H groups in total. The Morgan fingerprint density at radius 2 is 1.72 bits per heavy atom. The van der Waals surface area contributed by atoms with E-state index in [1.165, 1.54) is 6.92 Å². The fourth-order valence-electron chi connectivity index (χ4n) is 9.42. The third-order valence-electron chi connectivity index (χ3n) is 12.4. The molecule has 54 heavy (non-hydrogen) atoms. The van der Waals surface area contributed by atoms with Crippen LogP contribution in [0.1, 0.15) is 80.2 Å². The van der Waals surface area contributed by atoms with Crippen LogP contribution in [0.5, 0.6) is 0 Å². The lowest BCUT2D eigenvalue weighted by Crippen LogP contribution is -2.60. The summed E-state index contributed by atoms with van der Waals surface area (Å²) in [7, 11) is 5.38. The first-order valence-electron chi connectivity index (χ1n) is 19.6. The van der Waals surface area contributed by atoms with Crippen LogP contribution < -0.4 is 0 Å². The number of aliphatic hydroxyl groups excluding tert-OH is 1. The highest BCUT2D eigenvalue weighted by atomic mass is 16.7. The number of amides is 1. The zero-order valence-corrected chi connectivity index (χ0v) is 34.0. The summed E-state index contributed by atoms with van der Waals surface area (Å²) >= 11 is 0. The standard InChI is InChI=1S/C41H63N3O10/c1-12-31-41(8)35-25(4)32(42-20-29(44(35)39(48)54-41)22-50-21-28-16-14-13-15-17-28)23(2)19-40(7,49-11)36(26(5)33(45)27(6)37(47)52-31)53-38-34(46)30(43(9)10)18-24(3)51-38/h13-17,23-27,29-31,34-36,38,46H,12,18-22H2,1-11H3/t23-,24-,25+,26+,27-,29-,30+,31-,34-,35-,36-,38+,40+,41-/m1/s1. The number of benzene rings is 1. The van der Waals surface area contributed by atoms with Crippen LogP contribution in [0.25, 0.3) is 0 Å². The molecule has 14 atom stereocenters. The van der Waals surface area contributed by atoms with Crippen LogP contribution in [0.3, 0.4) is 0 Å². The molecular weight excluding hydrogens is 694 g/mol. The summed E-state index contributed by atoms with van der Waals surface area (Å²) in [6.07, 6.45) is -3.28. The summed E-state index contributed by atoms with van der Waals surface area (Å²) < 4.78 is 37.9. The predicted octanol–water partition coefficient (Wildman–Crippen LogP) is 4.66. The lowest BCUT2D eigenvalue weighted by atomic mass is 9.73. The zero-order valence-electron chi connectivity index (χ0n) is 34.0. The molecule has 0 radical (unpaired) electrons. The number of likely N-dealkylation sites (N-methyl/N-ethyl adjacent to an activating group) is 1. The number of Topliss-reactive ketones (excluding diaryl/α,β-unsaturated/α-hetero) is 1. The van der Waals surface area contributed by atoms with Crippen LogP contribution in [0.15, 0.2) is 35.3 Å². The van der Waals surface area contributed by atoms with Crippen LogP contribution in [-0.2, 0) is 44.6 Å². The number of esters is 1. The summed E-state index contributed by atoms with van der Waals surface area (Å²) in [5, 5.41) is 11.5. The number of ether oxygens (including phenoxy) is 6. The summed E-state index contributed by atoms with van der Waals surface area (Å²) in [4.78, 5) is 51.2. The number of carbonyl (C=O) groups is 3. The molecule has 302 valence electrons. The molecule has 13 heteroatoms. The summed E-state index contributed by atoms with van der Waals surface area (Å²) in [6.45, 7) is 15.8. The van der Waals surface area contributed by atoms with E-state index < -0.39 is 77.6 Å². The van der Waals surface area contributed by atoms with Gasteiger partial charge in [0.2, 0.25) is 0 Å². The maximum absolute atomic E-state index is 14.3. The molecule has 0 saturated carbocycles. The zero-order chi connectivity index (χ0) is 39.7. The Balaban J connectivity index is 1.57. The minimum atomic E-state index is -1.26. The number of nitrogens with zero attached hydrogens (tertiary/aromatic N) is 3. The van der Waals surface area contributed by atoms with Crippen molar-refractivity contribution in [2.75, 3.05) is 34.4 Å². The Morgan fingerprint density at radius 1 is 1.04 bits per heavy atom. The van der Waals surface area contributed by atoms with Crippen molar-refractivity contribution in [1.29, 1.82) is 0 Å². The Morgan fingerprint density at radius 3 is 2.35 bits per heavy atom. The molecule has 0 aromatic heterocycles. The van der Waals surface area contributed by atoms with E-state index in [1.54, 1.807) is 18.9 Å². The van der Waals surface area contributed by atoms with E-state index in [-0.39, 0.29) is 37.1 Å². The molecule has 1 amide bonds. The van der Waals surface area contributed by atoms with Crippen LogP contribution in [0.2, 0.25) is 0 Å². The molecule has 4 aliphatic rings. The number of ketones is 1. The predicted molar refractivity (Wildman–Crippen MR) is 202 cm³/mol. The number of hydrogen-bond acceptors (Lipinski definition) is 12. The van der Waals surface area contributed by atoms with Gasteiger partial charge < -0.3 is 38.4 Å². The largest absolute Gasteiger partial charge is 0.458 e. The molecule has 4 aliphatic heterocycles. The van der Waals surface area contributed by atoms with Gasteiger partial charge in [0, 0.05) is 30.7 Å². The highest BCUT2D eigenvalue weighted by Gasteiger charge is 2.62. The summed E-state index contributed by atoms with van der Waals surface area (Å²) in [5.41, 5.74) is -0.518. The molecule has 0 aliphatic carbocycles. The molecule has 4 heterocycles. The second kappa shape index (κ2) is 17.1. The lowest BCUT2D eigenvalue weighted by molar-refractivity contribution is -0.295. The Kier molecular flexibility index (Phi) is 13.3. The Labute approximate surface area is 321 Å². The Bertz CT molecular complexity index is 1510. The average Bonchev–Trinajstić information content (AvgIpc) is 3.31. The van der Waals surface area contributed by atoms with Gasteiger partial charge in [-0.15, -0.1) is 0 Å². The van der Waals surface area contributed by atoms with Gasteiger partial charge in [-0.05, 0) is 72.5 Å². The van der Waals surface area contributed by atoms with Crippen molar-refractivity contribution in [3.63, 3.8) is 0 Å². The van der Waals surface area contributed by atoms with Crippen molar-refractivity contribution in [2.24, 2.45) is 28.7 Å². The Hall–Kier alpha value is -2.94. The van der Waals surface area contributed by atoms with Crippen molar-refractivity contribution in [3.05, 3.63) is 35.9 Å². The van der Waals surface area contributed by atoms with Gasteiger partial charge in [0.25, 0.3) is 0 Å². The fourth-order valence-corrected chi connectivity index (χ4v) is 9.42. The quantitative estimate of drug-likeness (QED) is 0.277. The van der Waals surface area contributed by atoms with Crippen molar-refractivity contribution >= 4 is 23.6 Å².